The van der Waals surface area contributed by atoms with Gasteiger partial charge in [-0.2, -0.15) is 4.31 Å². The van der Waals surface area contributed by atoms with Crippen LogP contribution in [0.3, 0.4) is 0 Å². The van der Waals surface area contributed by atoms with Gasteiger partial charge >= 0.3 is 0 Å². The molecule has 0 aliphatic carbocycles. The number of sulfonamides is 1. The first kappa shape index (κ1) is 20.5. The van der Waals surface area contributed by atoms with Crippen LogP contribution in [-0.2, 0) is 14.8 Å². The second-order valence-corrected chi connectivity index (χ2v) is 8.58. The third-order valence-corrected chi connectivity index (χ3v) is 6.53. The van der Waals surface area contributed by atoms with Crippen LogP contribution in [-0.4, -0.2) is 68.1 Å². The Morgan fingerprint density at radius 2 is 1.69 bits per heavy atom. The van der Waals surface area contributed by atoms with Crippen molar-refractivity contribution in [3.05, 3.63) is 29.8 Å². The number of piperazine rings is 1. The summed E-state index contributed by atoms with van der Waals surface area (Å²) in [6.45, 7) is 7.40. The molecule has 0 spiro atoms. The number of nitrogens with zero attached hydrogens (tertiary/aromatic N) is 2. The van der Waals surface area contributed by atoms with Crippen LogP contribution in [0.1, 0.15) is 37.6 Å². The average molecular weight is 381 g/mol. The summed E-state index contributed by atoms with van der Waals surface area (Å²) in [6.07, 6.45) is 0.875. The smallest absolute Gasteiger partial charge is 0.243 e. The molecule has 1 aliphatic rings. The molecule has 1 atom stereocenters. The first-order valence-electron chi connectivity index (χ1n) is 8.87. The summed E-state index contributed by atoms with van der Waals surface area (Å²) < 4.78 is 26.9. The monoisotopic (exact) mass is 381 g/mol. The molecule has 8 heteroatoms. The summed E-state index contributed by atoms with van der Waals surface area (Å²) in [5.74, 6) is -0.131. The van der Waals surface area contributed by atoms with Crippen LogP contribution in [0.4, 0.5) is 0 Å². The quantitative estimate of drug-likeness (QED) is 0.715. The molecule has 144 valence electrons. The normalized spacial score (nSPS) is 17.7. The lowest BCUT2D eigenvalue weighted by Crippen LogP contribution is -2.51. The van der Waals surface area contributed by atoms with E-state index in [9.17, 15) is 18.0 Å². The summed E-state index contributed by atoms with van der Waals surface area (Å²) in [7, 11) is -3.58. The van der Waals surface area contributed by atoms with Gasteiger partial charge in [-0.3, -0.25) is 14.5 Å². The molecule has 0 bridgehead atoms. The van der Waals surface area contributed by atoms with Crippen molar-refractivity contribution < 1.29 is 18.0 Å². The van der Waals surface area contributed by atoms with E-state index in [0.29, 0.717) is 31.7 Å². The molecule has 0 radical (unpaired) electrons. The highest BCUT2D eigenvalue weighted by molar-refractivity contribution is 7.89. The zero-order valence-electron chi connectivity index (χ0n) is 15.6. The van der Waals surface area contributed by atoms with Gasteiger partial charge in [0.05, 0.1) is 11.4 Å². The van der Waals surface area contributed by atoms with E-state index in [1.54, 1.807) is 0 Å². The zero-order chi connectivity index (χ0) is 19.3. The maximum absolute atomic E-state index is 12.7. The second kappa shape index (κ2) is 8.75. The Morgan fingerprint density at radius 3 is 2.19 bits per heavy atom. The van der Waals surface area contributed by atoms with Gasteiger partial charge in [0.25, 0.3) is 0 Å². The number of carbonyl (C=O) groups excluding carboxylic acids is 2. The lowest BCUT2D eigenvalue weighted by Gasteiger charge is -2.33. The van der Waals surface area contributed by atoms with Gasteiger partial charge in [-0.1, -0.05) is 19.1 Å². The standard InChI is InChI=1S/C18H27N3O4S/c1-4-14(2)19-18(23)13-20-9-11-21(12-10-20)26(24,25)17-7-5-16(6-8-17)15(3)22/h5-8,14H,4,9-13H2,1-3H3,(H,19,23)/t14-/m0/s1. The minimum Gasteiger partial charge on any atom is -0.353 e. The average Bonchev–Trinajstić information content (AvgIpc) is 2.62. The molecule has 1 heterocycles. The SMILES string of the molecule is CC[C@H](C)NC(=O)CN1CCN(S(=O)(=O)c2ccc(C(C)=O)cc2)CC1. The fourth-order valence-corrected chi connectivity index (χ4v) is 4.19. The fourth-order valence-electron chi connectivity index (χ4n) is 2.76. The first-order chi connectivity index (χ1) is 12.2. The Kier molecular flexibility index (Phi) is 6.91. The van der Waals surface area contributed by atoms with E-state index >= 15 is 0 Å². The van der Waals surface area contributed by atoms with Crippen LogP contribution in [0.5, 0.6) is 0 Å². The Morgan fingerprint density at radius 1 is 1.12 bits per heavy atom. The van der Waals surface area contributed by atoms with Gasteiger partial charge < -0.3 is 5.32 Å². The number of Topliss-reactive ketones (excluding diaryl/α,β-unsaturated/α-hetero) is 1. The summed E-state index contributed by atoms with van der Waals surface area (Å²) >= 11 is 0. The van der Waals surface area contributed by atoms with Crippen LogP contribution < -0.4 is 5.32 Å². The highest BCUT2D eigenvalue weighted by atomic mass is 32.2. The number of amides is 1. The summed E-state index contributed by atoms with van der Waals surface area (Å²) in [5, 5.41) is 2.92. The molecule has 1 saturated heterocycles. The second-order valence-electron chi connectivity index (χ2n) is 6.64. The van der Waals surface area contributed by atoms with Crippen LogP contribution >= 0.6 is 0 Å². The summed E-state index contributed by atoms with van der Waals surface area (Å²) in [6, 6.07) is 6.15. The minimum absolute atomic E-state index is 0.0320. The molecule has 0 aromatic heterocycles. The number of benzene rings is 1. The number of hydrogen-bond donors (Lipinski definition) is 1. The zero-order valence-corrected chi connectivity index (χ0v) is 16.4. The topological polar surface area (TPSA) is 86.8 Å². The molecule has 2 rings (SSSR count). The molecule has 26 heavy (non-hydrogen) atoms. The summed E-state index contributed by atoms with van der Waals surface area (Å²) in [4.78, 5) is 25.4. The molecule has 1 N–H and O–H groups in total. The van der Waals surface area contributed by atoms with Crippen molar-refractivity contribution in [3.8, 4) is 0 Å². The lowest BCUT2D eigenvalue weighted by atomic mass is 10.2. The Balaban J connectivity index is 1.93. The van der Waals surface area contributed by atoms with E-state index < -0.39 is 10.0 Å². The van der Waals surface area contributed by atoms with E-state index in [4.69, 9.17) is 0 Å². The Labute approximate surface area is 155 Å². The van der Waals surface area contributed by atoms with E-state index in [-0.39, 0.29) is 29.2 Å². The van der Waals surface area contributed by atoms with Crippen molar-refractivity contribution in [1.82, 2.24) is 14.5 Å². The van der Waals surface area contributed by atoms with Crippen molar-refractivity contribution in [1.29, 1.82) is 0 Å². The number of nitrogens with one attached hydrogen (secondary N) is 1. The molecule has 1 aliphatic heterocycles. The summed E-state index contributed by atoms with van der Waals surface area (Å²) in [5.41, 5.74) is 0.487. The predicted molar refractivity (Wildman–Crippen MR) is 99.5 cm³/mol. The Bertz CT molecular complexity index is 738. The van der Waals surface area contributed by atoms with Crippen molar-refractivity contribution in [2.24, 2.45) is 0 Å². The maximum atomic E-state index is 12.7. The van der Waals surface area contributed by atoms with Crippen molar-refractivity contribution in [2.75, 3.05) is 32.7 Å². The lowest BCUT2D eigenvalue weighted by molar-refractivity contribution is -0.123. The van der Waals surface area contributed by atoms with Crippen molar-refractivity contribution in [3.63, 3.8) is 0 Å². The highest BCUT2D eigenvalue weighted by Crippen LogP contribution is 2.18. The molecular weight excluding hydrogens is 354 g/mol. The Hall–Kier alpha value is -1.77. The molecular formula is C18H27N3O4S. The number of carbonyl (C=O) groups is 2. The van der Waals surface area contributed by atoms with Gasteiger partial charge in [-0.05, 0) is 32.4 Å². The van der Waals surface area contributed by atoms with Crippen LogP contribution in [0, 0.1) is 0 Å². The van der Waals surface area contributed by atoms with E-state index in [0.717, 1.165) is 6.42 Å². The third-order valence-electron chi connectivity index (χ3n) is 4.62. The molecule has 7 nitrogen and oxygen atoms in total. The highest BCUT2D eigenvalue weighted by Gasteiger charge is 2.29. The molecule has 0 unspecified atom stereocenters. The maximum Gasteiger partial charge on any atom is 0.243 e. The molecule has 1 aromatic carbocycles. The van der Waals surface area contributed by atoms with Gasteiger partial charge in [-0.25, -0.2) is 8.42 Å². The van der Waals surface area contributed by atoms with E-state index in [2.05, 4.69) is 5.32 Å². The van der Waals surface area contributed by atoms with Gasteiger partial charge in [0.15, 0.2) is 5.78 Å². The number of rotatable bonds is 7. The van der Waals surface area contributed by atoms with Crippen molar-refractivity contribution in [2.45, 2.75) is 38.1 Å². The van der Waals surface area contributed by atoms with Gasteiger partial charge in [-0.15, -0.1) is 0 Å². The van der Waals surface area contributed by atoms with E-state index in [1.165, 1.54) is 35.5 Å². The fraction of sp³-hybridized carbons (Fsp3) is 0.556. The number of ketones is 1. The van der Waals surface area contributed by atoms with Crippen LogP contribution in [0.15, 0.2) is 29.2 Å². The largest absolute Gasteiger partial charge is 0.353 e. The van der Waals surface area contributed by atoms with E-state index in [1.807, 2.05) is 18.7 Å². The van der Waals surface area contributed by atoms with Gasteiger partial charge in [0.2, 0.25) is 15.9 Å². The van der Waals surface area contributed by atoms with Gasteiger partial charge in [0.1, 0.15) is 0 Å². The molecule has 1 amide bonds. The molecule has 1 aromatic rings. The first-order valence-corrected chi connectivity index (χ1v) is 10.3. The number of hydrogen-bond acceptors (Lipinski definition) is 5. The van der Waals surface area contributed by atoms with Crippen LogP contribution in [0.2, 0.25) is 0 Å². The predicted octanol–water partition coefficient (Wildman–Crippen LogP) is 1.11. The van der Waals surface area contributed by atoms with Gasteiger partial charge in [0, 0.05) is 37.8 Å². The van der Waals surface area contributed by atoms with Crippen LogP contribution in [0.25, 0.3) is 0 Å². The minimum atomic E-state index is -3.58. The molecule has 0 saturated carbocycles. The third kappa shape index (κ3) is 5.12. The van der Waals surface area contributed by atoms with Crippen molar-refractivity contribution >= 4 is 21.7 Å². The molecule has 1 fully saturated rings.